The molecule has 0 bridgehead atoms. The number of aliphatic hydroxyl groups is 2. The number of amides is 1. The van der Waals surface area contributed by atoms with Gasteiger partial charge in [0.25, 0.3) is 0 Å². The van der Waals surface area contributed by atoms with Gasteiger partial charge in [-0.25, -0.2) is 4.39 Å². The SMILES string of the molecule is C=CCO[C@@]12Oc3ccc(Oc4ccc(OC)c(C=O)c4)cc3[C@H]3[C@H](CCCCO)[C@@H](CCCCO)C=C(C(=NOC)C[C@@H]1N(Cc1ccc(F)cc1)C(=O)CCCCCCCCCCC)[C@H]32. The van der Waals surface area contributed by atoms with E-state index in [2.05, 4.69) is 19.6 Å². The van der Waals surface area contributed by atoms with Gasteiger partial charge in [0.1, 0.15) is 42.0 Å². The van der Waals surface area contributed by atoms with Crippen LogP contribution in [0, 0.1) is 23.6 Å². The number of aldehydes is 1. The minimum atomic E-state index is -1.44. The minimum Gasteiger partial charge on any atom is -0.496 e. The number of methoxy groups -OCH3 is 1. The average molecular weight is 925 g/mol. The van der Waals surface area contributed by atoms with Crippen molar-refractivity contribution in [3.05, 3.63) is 107 Å². The number of unbranched alkanes of at least 4 members (excludes halogenated alkanes) is 10. The molecule has 1 fully saturated rings. The molecule has 364 valence electrons. The first-order chi connectivity index (χ1) is 32.7. The van der Waals surface area contributed by atoms with Gasteiger partial charge in [0.05, 0.1) is 30.9 Å². The maximum Gasteiger partial charge on any atom is 0.239 e. The predicted molar refractivity (Wildman–Crippen MR) is 259 cm³/mol. The number of carbonyl (C=O) groups is 2. The van der Waals surface area contributed by atoms with E-state index in [0.717, 1.165) is 74.4 Å². The molecular formula is C55H73FN2O9. The van der Waals surface area contributed by atoms with Crippen molar-refractivity contribution < 1.29 is 48.0 Å². The fourth-order valence-electron chi connectivity index (χ4n) is 10.7. The van der Waals surface area contributed by atoms with E-state index in [4.69, 9.17) is 28.9 Å². The summed E-state index contributed by atoms with van der Waals surface area (Å²) < 4.78 is 40.8. The Balaban J connectivity index is 1.49. The summed E-state index contributed by atoms with van der Waals surface area (Å²) >= 11 is 0. The molecule has 3 aromatic carbocycles. The minimum absolute atomic E-state index is 0.0111. The summed E-state index contributed by atoms with van der Waals surface area (Å²) in [7, 11) is 3.05. The number of hydrogen-bond acceptors (Lipinski definition) is 10. The number of halogens is 1. The van der Waals surface area contributed by atoms with Crippen molar-refractivity contribution in [3.8, 4) is 23.0 Å². The first-order valence-corrected chi connectivity index (χ1v) is 24.7. The topological polar surface area (TPSA) is 136 Å². The number of carbonyl (C=O) groups excluding carboxylic acids is 2. The number of fused-ring (bicyclic) bond motifs is 2. The largest absolute Gasteiger partial charge is 0.496 e. The van der Waals surface area contributed by atoms with E-state index >= 15 is 4.79 Å². The highest BCUT2D eigenvalue weighted by molar-refractivity contribution is 6.03. The average Bonchev–Trinajstić information content (AvgIpc) is 3.34. The maximum absolute atomic E-state index is 15.1. The lowest BCUT2D eigenvalue weighted by molar-refractivity contribution is -0.258. The molecule has 67 heavy (non-hydrogen) atoms. The number of nitrogens with zero attached hydrogens (tertiary/aromatic N) is 2. The quantitative estimate of drug-likeness (QED) is 0.0302. The van der Waals surface area contributed by atoms with Crippen LogP contribution in [0.1, 0.15) is 143 Å². The van der Waals surface area contributed by atoms with Gasteiger partial charge in [-0.05, 0) is 104 Å². The molecule has 6 atom stereocenters. The highest BCUT2D eigenvalue weighted by Crippen LogP contribution is 2.62. The number of rotatable bonds is 29. The summed E-state index contributed by atoms with van der Waals surface area (Å²) in [4.78, 5) is 34.6. The van der Waals surface area contributed by atoms with Gasteiger partial charge in [-0.2, -0.15) is 0 Å². The van der Waals surface area contributed by atoms with Crippen LogP contribution in [0.3, 0.4) is 0 Å². The predicted octanol–water partition coefficient (Wildman–Crippen LogP) is 11.7. The highest BCUT2D eigenvalue weighted by atomic mass is 19.1. The van der Waals surface area contributed by atoms with Crippen LogP contribution >= 0.6 is 0 Å². The van der Waals surface area contributed by atoms with Gasteiger partial charge in [-0.3, -0.25) is 9.59 Å². The molecular weight excluding hydrogens is 852 g/mol. The molecule has 3 aromatic rings. The van der Waals surface area contributed by atoms with Crippen LogP contribution in [-0.4, -0.2) is 78.9 Å². The van der Waals surface area contributed by atoms with Gasteiger partial charge in [0.2, 0.25) is 11.7 Å². The lowest BCUT2D eigenvalue weighted by Gasteiger charge is -2.60. The zero-order valence-electron chi connectivity index (χ0n) is 40.0. The third-order valence-corrected chi connectivity index (χ3v) is 13.9. The van der Waals surface area contributed by atoms with E-state index < -0.39 is 17.7 Å². The second kappa shape index (κ2) is 25.9. The molecule has 2 N–H and O–H groups in total. The molecule has 6 rings (SSSR count). The standard InChI is InChI=1S/C55H73FN2O9/c1-5-7-8-9-10-11-12-13-14-21-52(62)58(37-39-22-24-42(56)25-23-39)51-36-48(57-64-4)46-34-40(19-15-17-30-59)45(20-16-18-31-60)53-47-35-44(66-43-26-28-49(63-3)41(33-43)38-61)27-29-50(47)67-55(51,54(46)53)65-32-6-2/h6,22-29,33-35,38,40,45,51,53-54,59-60H,2,5,7-21,30-32,36-37H2,1,3-4H3/t40-,45+,51-,53+,54+,55+/m0/s1. The molecule has 0 aromatic heterocycles. The van der Waals surface area contributed by atoms with Crippen molar-refractivity contribution in [1.29, 1.82) is 0 Å². The summed E-state index contributed by atoms with van der Waals surface area (Å²) in [5.74, 6) is -0.528. The van der Waals surface area contributed by atoms with Crippen LogP contribution in [0.25, 0.3) is 0 Å². The van der Waals surface area contributed by atoms with E-state index in [-0.39, 0.29) is 62.3 Å². The number of hydrogen-bond donors (Lipinski definition) is 2. The Labute approximate surface area is 397 Å². The summed E-state index contributed by atoms with van der Waals surface area (Å²) in [5, 5.41) is 24.7. The number of allylic oxidation sites excluding steroid dienone is 1. The van der Waals surface area contributed by atoms with Crippen molar-refractivity contribution in [2.75, 3.05) is 34.0 Å². The van der Waals surface area contributed by atoms with Gasteiger partial charge in [-0.15, -0.1) is 6.58 Å². The molecule has 12 heteroatoms. The Morgan fingerprint density at radius 1 is 0.896 bits per heavy atom. The lowest BCUT2D eigenvalue weighted by Crippen LogP contribution is -2.70. The molecule has 0 spiro atoms. The van der Waals surface area contributed by atoms with Crippen molar-refractivity contribution in [1.82, 2.24) is 4.90 Å². The molecule has 1 amide bonds. The Morgan fingerprint density at radius 2 is 1.58 bits per heavy atom. The van der Waals surface area contributed by atoms with Crippen molar-refractivity contribution >= 4 is 17.9 Å². The molecule has 1 saturated carbocycles. The first kappa shape index (κ1) is 51.4. The highest BCUT2D eigenvalue weighted by Gasteiger charge is 2.65. The fraction of sp³-hybridized carbons (Fsp3) is 0.545. The molecule has 11 nitrogen and oxygen atoms in total. The van der Waals surface area contributed by atoms with E-state index in [1.54, 1.807) is 36.4 Å². The Morgan fingerprint density at radius 3 is 2.25 bits per heavy atom. The summed E-state index contributed by atoms with van der Waals surface area (Å²) in [6.07, 6.45) is 19.9. The molecule has 0 unspecified atom stereocenters. The maximum atomic E-state index is 15.1. The summed E-state index contributed by atoms with van der Waals surface area (Å²) in [5.41, 5.74) is 3.65. The fourth-order valence-corrected chi connectivity index (χ4v) is 10.7. The van der Waals surface area contributed by atoms with Gasteiger partial charge < -0.3 is 38.9 Å². The van der Waals surface area contributed by atoms with Crippen molar-refractivity contribution in [2.45, 2.75) is 140 Å². The smallest absolute Gasteiger partial charge is 0.239 e. The Hall–Kier alpha value is -5.04. The second-order valence-electron chi connectivity index (χ2n) is 18.3. The lowest BCUT2D eigenvalue weighted by atomic mass is 9.55. The Bertz CT molecular complexity index is 2120. The second-order valence-corrected chi connectivity index (χ2v) is 18.3. The van der Waals surface area contributed by atoms with E-state index in [0.29, 0.717) is 53.5 Å². The molecule has 0 radical (unpaired) electrons. The number of benzene rings is 3. The van der Waals surface area contributed by atoms with Crippen LogP contribution in [0.4, 0.5) is 4.39 Å². The number of oxime groups is 1. The monoisotopic (exact) mass is 925 g/mol. The van der Waals surface area contributed by atoms with Gasteiger partial charge in [0.15, 0.2) is 6.29 Å². The van der Waals surface area contributed by atoms with Crippen LogP contribution in [0.2, 0.25) is 0 Å². The molecule has 1 heterocycles. The van der Waals surface area contributed by atoms with Crippen LogP contribution in [-0.2, 0) is 20.9 Å². The Kier molecular flexibility index (Phi) is 19.9. The molecule has 3 aliphatic rings. The zero-order valence-corrected chi connectivity index (χ0v) is 40.0. The molecule has 2 aliphatic carbocycles. The first-order valence-electron chi connectivity index (χ1n) is 24.7. The van der Waals surface area contributed by atoms with Crippen molar-refractivity contribution in [2.24, 2.45) is 22.9 Å². The van der Waals surface area contributed by atoms with E-state index in [1.807, 2.05) is 23.1 Å². The third kappa shape index (κ3) is 12.7. The summed E-state index contributed by atoms with van der Waals surface area (Å²) in [6, 6.07) is 16.4. The summed E-state index contributed by atoms with van der Waals surface area (Å²) in [6.45, 7) is 6.75. The van der Waals surface area contributed by atoms with Crippen molar-refractivity contribution in [3.63, 3.8) is 0 Å². The molecule has 0 saturated heterocycles. The zero-order chi connectivity index (χ0) is 47.6. The number of aliphatic hydroxyl groups excluding tert-OH is 2. The third-order valence-electron chi connectivity index (χ3n) is 13.9. The number of ether oxygens (including phenoxy) is 4. The van der Waals surface area contributed by atoms with Crippen LogP contribution < -0.4 is 14.2 Å². The van der Waals surface area contributed by atoms with Crippen LogP contribution in [0.5, 0.6) is 23.0 Å². The molecule has 1 aliphatic heterocycles. The van der Waals surface area contributed by atoms with E-state index in [9.17, 15) is 19.4 Å². The van der Waals surface area contributed by atoms with E-state index in [1.165, 1.54) is 58.5 Å². The van der Waals surface area contributed by atoms with Gasteiger partial charge in [-0.1, -0.05) is 101 Å². The normalized spacial score (nSPS) is 22.2. The van der Waals surface area contributed by atoms with Crippen LogP contribution in [0.15, 0.2) is 90.1 Å². The van der Waals surface area contributed by atoms with Gasteiger partial charge >= 0.3 is 0 Å². The van der Waals surface area contributed by atoms with Gasteiger partial charge in [0, 0.05) is 44.1 Å².